The van der Waals surface area contributed by atoms with Crippen molar-refractivity contribution in [3.63, 3.8) is 0 Å². The molecule has 2 aliphatic rings. The van der Waals surface area contributed by atoms with Gasteiger partial charge in [0.2, 0.25) is 0 Å². The lowest BCUT2D eigenvalue weighted by atomic mass is 9.76. The third-order valence-electron chi connectivity index (χ3n) is 6.34. The zero-order chi connectivity index (χ0) is 22.3. The highest BCUT2D eigenvalue weighted by molar-refractivity contribution is 5.95. The van der Waals surface area contributed by atoms with E-state index in [9.17, 15) is 15.2 Å². The van der Waals surface area contributed by atoms with Crippen LogP contribution in [0.1, 0.15) is 23.0 Å². The van der Waals surface area contributed by atoms with E-state index in [0.717, 1.165) is 5.57 Å². The number of nitriles is 1. The molecule has 6 atom stereocenters. The summed E-state index contributed by atoms with van der Waals surface area (Å²) in [6.45, 7) is 13.7. The van der Waals surface area contributed by atoms with Crippen LogP contribution in [0.5, 0.6) is 0 Å². The normalized spacial score (nSPS) is 31.1. The van der Waals surface area contributed by atoms with Crippen LogP contribution in [-0.4, -0.2) is 29.3 Å². The number of hydrogen-bond donors (Lipinski definition) is 3. The summed E-state index contributed by atoms with van der Waals surface area (Å²) in [5, 5.41) is 22.4. The summed E-state index contributed by atoms with van der Waals surface area (Å²) < 4.78 is 5.96. The molecule has 0 amide bonds. The first-order valence-corrected chi connectivity index (χ1v) is 9.98. The Morgan fingerprint density at radius 1 is 1.39 bits per heavy atom. The molecule has 1 saturated carbocycles. The summed E-state index contributed by atoms with van der Waals surface area (Å²) in [6, 6.07) is 11.8. The Morgan fingerprint density at radius 3 is 2.81 bits per heavy atom. The fraction of sp³-hybridized carbons (Fsp3) is 0.292. The molecule has 1 saturated heterocycles. The zero-order valence-electron chi connectivity index (χ0n) is 16.9. The van der Waals surface area contributed by atoms with Crippen LogP contribution < -0.4 is 11.1 Å². The summed E-state index contributed by atoms with van der Waals surface area (Å²) in [6.07, 6.45) is 1.35. The number of carboxylic acid groups (broad SMARTS) is 1. The van der Waals surface area contributed by atoms with Crippen LogP contribution in [0.4, 0.5) is 0 Å². The first-order chi connectivity index (χ1) is 14.9. The second-order valence-electron chi connectivity index (χ2n) is 8.01. The van der Waals surface area contributed by atoms with E-state index in [2.05, 4.69) is 22.8 Å². The van der Waals surface area contributed by atoms with Crippen LogP contribution in [-0.2, 0) is 0 Å². The minimum Gasteiger partial charge on any atom is -0.478 e. The van der Waals surface area contributed by atoms with Crippen molar-refractivity contribution < 1.29 is 14.3 Å². The second kappa shape index (κ2) is 7.88. The van der Waals surface area contributed by atoms with E-state index in [-0.39, 0.29) is 23.4 Å². The van der Waals surface area contributed by atoms with Gasteiger partial charge in [-0.25, -0.2) is 11.4 Å². The van der Waals surface area contributed by atoms with Crippen LogP contribution in [0.15, 0.2) is 58.5 Å². The van der Waals surface area contributed by atoms with Crippen molar-refractivity contribution in [1.29, 1.82) is 5.26 Å². The number of piperidine rings is 1. The zero-order valence-corrected chi connectivity index (χ0v) is 16.9. The van der Waals surface area contributed by atoms with Crippen molar-refractivity contribution in [2.45, 2.75) is 25.2 Å². The molecule has 1 aromatic carbocycles. The van der Waals surface area contributed by atoms with E-state index in [4.69, 9.17) is 16.7 Å². The number of carboxylic acids is 1. The number of aromatic carboxylic acids is 1. The van der Waals surface area contributed by atoms with Crippen LogP contribution in [0.2, 0.25) is 0 Å². The smallest absolute Gasteiger partial charge is 0.336 e. The molecule has 156 valence electrons. The maximum Gasteiger partial charge on any atom is 0.336 e. The fourth-order valence-electron chi connectivity index (χ4n) is 4.84. The molecule has 2 aromatic rings. The number of nitrogens with zero attached hydrogens (tertiary/aromatic N) is 2. The van der Waals surface area contributed by atoms with Gasteiger partial charge in [0, 0.05) is 23.4 Å². The van der Waals surface area contributed by atoms with Gasteiger partial charge in [0.25, 0.3) is 6.04 Å². The molecule has 7 nitrogen and oxygen atoms in total. The number of hydrogen-bond acceptors (Lipinski definition) is 5. The van der Waals surface area contributed by atoms with Gasteiger partial charge in [0.05, 0.1) is 17.6 Å². The molecule has 2 fully saturated rings. The Morgan fingerprint density at radius 2 is 2.13 bits per heavy atom. The van der Waals surface area contributed by atoms with Crippen molar-refractivity contribution in [2.24, 2.45) is 23.5 Å². The van der Waals surface area contributed by atoms with E-state index in [1.54, 1.807) is 30.3 Å². The number of benzene rings is 1. The Labute approximate surface area is 180 Å². The summed E-state index contributed by atoms with van der Waals surface area (Å²) in [7, 11) is 0. The van der Waals surface area contributed by atoms with Crippen molar-refractivity contribution in [3.05, 3.63) is 76.9 Å². The van der Waals surface area contributed by atoms with Gasteiger partial charge in [-0.2, -0.15) is 5.26 Å². The summed E-state index contributed by atoms with van der Waals surface area (Å²) >= 11 is 0. The summed E-state index contributed by atoms with van der Waals surface area (Å²) in [4.78, 5) is 15.2. The molecule has 4 N–H and O–H groups in total. The lowest BCUT2D eigenvalue weighted by Crippen LogP contribution is -2.61. The summed E-state index contributed by atoms with van der Waals surface area (Å²) in [5.41, 5.74) is 8.36. The minimum atomic E-state index is -1.03. The standard InChI is InChI=1S/C24H22N4O3/c1-12-17(20-13(2)21(27-3)23(26)28-22(20)18(12)11-25)10-14-8-9-19(31-14)15-6-4-5-7-16(15)24(29)30/h4-10,13,18,20-23,28H,1,26H2,2H3,(H,29,30). The van der Waals surface area contributed by atoms with E-state index in [0.29, 0.717) is 22.7 Å². The van der Waals surface area contributed by atoms with Gasteiger partial charge >= 0.3 is 5.97 Å². The van der Waals surface area contributed by atoms with Crippen LogP contribution in [0, 0.1) is 35.7 Å². The molecule has 0 spiro atoms. The van der Waals surface area contributed by atoms with Crippen molar-refractivity contribution in [2.75, 3.05) is 0 Å². The minimum absolute atomic E-state index is 0.0673. The average Bonchev–Trinajstić information content (AvgIpc) is 3.31. The van der Waals surface area contributed by atoms with Crippen molar-refractivity contribution in [3.8, 4) is 17.4 Å². The monoisotopic (exact) mass is 414 g/mol. The van der Waals surface area contributed by atoms with Gasteiger partial charge in [-0.3, -0.25) is 5.32 Å². The molecule has 7 heteroatoms. The van der Waals surface area contributed by atoms with Gasteiger partial charge in [-0.05, 0) is 35.4 Å². The molecular formula is C24H22N4O3. The van der Waals surface area contributed by atoms with Crippen molar-refractivity contribution >= 4 is 12.0 Å². The van der Waals surface area contributed by atoms with Gasteiger partial charge in [-0.1, -0.05) is 31.7 Å². The Hall–Kier alpha value is -3.65. The van der Waals surface area contributed by atoms with E-state index in [1.807, 2.05) is 13.0 Å². The predicted molar refractivity (Wildman–Crippen MR) is 115 cm³/mol. The number of nitrogens with two attached hydrogens (primary N) is 1. The molecule has 1 aromatic heterocycles. The third-order valence-corrected chi connectivity index (χ3v) is 6.34. The molecule has 31 heavy (non-hydrogen) atoms. The lowest BCUT2D eigenvalue weighted by Gasteiger charge is -2.37. The largest absolute Gasteiger partial charge is 0.478 e. The number of rotatable bonds is 3. The highest BCUT2D eigenvalue weighted by Crippen LogP contribution is 2.48. The van der Waals surface area contributed by atoms with Gasteiger partial charge in [-0.15, -0.1) is 0 Å². The topological polar surface area (TPSA) is 117 Å². The molecule has 6 unspecified atom stereocenters. The molecule has 0 radical (unpaired) electrons. The fourth-order valence-corrected chi connectivity index (χ4v) is 4.84. The molecule has 1 aliphatic heterocycles. The summed E-state index contributed by atoms with van der Waals surface area (Å²) in [5.74, 6) is -0.668. The lowest BCUT2D eigenvalue weighted by molar-refractivity contribution is 0.0697. The van der Waals surface area contributed by atoms with Gasteiger partial charge < -0.3 is 20.1 Å². The van der Waals surface area contributed by atoms with E-state index in [1.165, 1.54) is 6.07 Å². The first kappa shape index (κ1) is 20.6. The highest BCUT2D eigenvalue weighted by atomic mass is 16.4. The Bertz CT molecular complexity index is 1170. The average molecular weight is 414 g/mol. The first-order valence-electron chi connectivity index (χ1n) is 9.98. The van der Waals surface area contributed by atoms with Crippen LogP contribution >= 0.6 is 0 Å². The van der Waals surface area contributed by atoms with E-state index >= 15 is 0 Å². The molecule has 0 bridgehead atoms. The quantitative estimate of drug-likeness (QED) is 0.662. The van der Waals surface area contributed by atoms with Crippen LogP contribution in [0.3, 0.4) is 0 Å². The Kier molecular flexibility index (Phi) is 5.24. The molecular weight excluding hydrogens is 392 g/mol. The number of carbonyl (C=O) groups is 1. The highest BCUT2D eigenvalue weighted by Gasteiger charge is 2.54. The predicted octanol–water partition coefficient (Wildman–Crippen LogP) is 3.53. The second-order valence-corrected chi connectivity index (χ2v) is 8.01. The maximum atomic E-state index is 11.5. The molecule has 1 aliphatic carbocycles. The van der Waals surface area contributed by atoms with Gasteiger partial charge in [0.1, 0.15) is 17.7 Å². The number of fused-ring (bicyclic) bond motifs is 1. The van der Waals surface area contributed by atoms with E-state index < -0.39 is 24.1 Å². The number of furan rings is 1. The van der Waals surface area contributed by atoms with Crippen LogP contribution in [0.25, 0.3) is 22.2 Å². The van der Waals surface area contributed by atoms with Crippen molar-refractivity contribution in [1.82, 2.24) is 5.32 Å². The third kappa shape index (κ3) is 3.34. The van der Waals surface area contributed by atoms with Gasteiger partial charge in [0.15, 0.2) is 0 Å². The molecule has 2 heterocycles. The number of nitrogens with one attached hydrogen (secondary N) is 1. The SMILES string of the molecule is [C-]#[N+]C1C(N)NC2C(C#N)C(=C)C(=Cc3ccc(-c4ccccc4C(=O)O)o3)C2C1C. The molecule has 4 rings (SSSR count). The Balaban J connectivity index is 1.74. The maximum absolute atomic E-state index is 11.5.